The van der Waals surface area contributed by atoms with Gasteiger partial charge in [0.2, 0.25) is 5.90 Å². The van der Waals surface area contributed by atoms with Crippen LogP contribution in [0.15, 0.2) is 89.7 Å². The van der Waals surface area contributed by atoms with Crippen LogP contribution in [0.2, 0.25) is 0 Å². The summed E-state index contributed by atoms with van der Waals surface area (Å²) in [5, 5.41) is 4.91. The summed E-state index contributed by atoms with van der Waals surface area (Å²) in [4.78, 5) is 31.0. The molecule has 0 aromatic heterocycles. The third-order valence-electron chi connectivity index (χ3n) is 6.08. The van der Waals surface area contributed by atoms with E-state index in [-0.39, 0.29) is 0 Å². The van der Waals surface area contributed by atoms with Crippen molar-refractivity contribution in [1.82, 2.24) is 10.2 Å². The molecule has 0 unspecified atom stereocenters. The molecule has 1 amide bonds. The molecule has 0 atom stereocenters. The lowest BCUT2D eigenvalue weighted by atomic mass is 9.97. The fourth-order valence-electron chi connectivity index (χ4n) is 4.25. The van der Waals surface area contributed by atoms with Crippen LogP contribution < -0.4 is 10.1 Å². The summed E-state index contributed by atoms with van der Waals surface area (Å²) in [5.74, 6) is 0.774. The molecular formula is C27H25N3O4. The van der Waals surface area contributed by atoms with Gasteiger partial charge in [0.1, 0.15) is 5.75 Å². The molecule has 3 aromatic rings. The number of hydrogen-bond donors (Lipinski definition) is 1. The zero-order chi connectivity index (χ0) is 23.3. The van der Waals surface area contributed by atoms with E-state index < -0.39 is 12.1 Å². The van der Waals surface area contributed by atoms with Crippen molar-refractivity contribution in [2.45, 2.75) is 12.8 Å². The summed E-state index contributed by atoms with van der Waals surface area (Å²) >= 11 is 0. The first-order valence-corrected chi connectivity index (χ1v) is 11.4. The molecule has 2 heterocycles. The maximum Gasteiger partial charge on any atom is 0.412 e. The van der Waals surface area contributed by atoms with Gasteiger partial charge in [0.05, 0.1) is 0 Å². The van der Waals surface area contributed by atoms with E-state index in [0.717, 1.165) is 42.3 Å². The number of cyclic esters (lactones) is 1. The largest absolute Gasteiger partial charge is 0.412 e. The van der Waals surface area contributed by atoms with Gasteiger partial charge in [-0.05, 0) is 47.7 Å². The quantitative estimate of drug-likeness (QED) is 0.453. The van der Waals surface area contributed by atoms with E-state index in [1.807, 2.05) is 60.7 Å². The summed E-state index contributed by atoms with van der Waals surface area (Å²) in [6, 6.07) is 22.8. The highest BCUT2D eigenvalue weighted by Gasteiger charge is 2.27. The van der Waals surface area contributed by atoms with Gasteiger partial charge in [-0.15, -0.1) is 0 Å². The minimum atomic E-state index is -0.445. The predicted octanol–water partition coefficient (Wildman–Crippen LogP) is 4.49. The smallest absolute Gasteiger partial charge is 0.410 e. The molecule has 0 spiro atoms. The van der Waals surface area contributed by atoms with Gasteiger partial charge < -0.3 is 19.7 Å². The zero-order valence-electron chi connectivity index (χ0n) is 18.6. The number of carbonyl (C=O) groups is 2. The number of fused-ring (bicyclic) bond motifs is 1. The number of nitrogens with zero attached hydrogens (tertiary/aromatic N) is 2. The number of ether oxygens (including phenoxy) is 2. The summed E-state index contributed by atoms with van der Waals surface area (Å²) in [6.45, 7) is 2.10. The van der Waals surface area contributed by atoms with Gasteiger partial charge in [0, 0.05) is 31.4 Å². The number of hydrogen-bond acceptors (Lipinski definition) is 6. The van der Waals surface area contributed by atoms with Crippen molar-refractivity contribution in [2.24, 2.45) is 10.9 Å². The second-order valence-corrected chi connectivity index (χ2v) is 8.41. The molecule has 7 heteroatoms. The van der Waals surface area contributed by atoms with Crippen LogP contribution in [0, 0.1) is 5.92 Å². The van der Waals surface area contributed by atoms with Crippen LogP contribution in [0.3, 0.4) is 0 Å². The Morgan fingerprint density at radius 1 is 1.03 bits per heavy atom. The third kappa shape index (κ3) is 4.93. The van der Waals surface area contributed by atoms with Crippen molar-refractivity contribution in [3.63, 3.8) is 0 Å². The number of benzene rings is 3. The highest BCUT2D eigenvalue weighted by atomic mass is 16.6. The molecule has 2 aliphatic rings. The SMILES string of the molecule is O=C(NCC1CCN(C=C2N=C(c3cccc4ccccc34)OC2=O)CC1)Oc1ccccc1. The van der Waals surface area contributed by atoms with E-state index in [1.54, 1.807) is 18.3 Å². The van der Waals surface area contributed by atoms with Crippen LogP contribution in [0.4, 0.5) is 4.79 Å². The van der Waals surface area contributed by atoms with Crippen molar-refractivity contribution in [2.75, 3.05) is 19.6 Å². The Bertz CT molecular complexity index is 1260. The number of carbonyl (C=O) groups excluding carboxylic acids is 2. The number of piperidine rings is 1. The van der Waals surface area contributed by atoms with Gasteiger partial charge in [-0.2, -0.15) is 0 Å². The Kier molecular flexibility index (Phi) is 6.25. The van der Waals surface area contributed by atoms with E-state index >= 15 is 0 Å². The lowest BCUT2D eigenvalue weighted by molar-refractivity contribution is -0.130. The van der Waals surface area contributed by atoms with Crippen LogP contribution in [0.1, 0.15) is 18.4 Å². The first-order chi connectivity index (χ1) is 16.7. The number of aliphatic imine (C=N–C) groups is 1. The lowest BCUT2D eigenvalue weighted by Gasteiger charge is -2.31. The Hall–Kier alpha value is -4.13. The fraction of sp³-hybridized carbons (Fsp3) is 0.222. The molecule has 5 rings (SSSR count). The topological polar surface area (TPSA) is 80.2 Å². The van der Waals surface area contributed by atoms with Crippen molar-refractivity contribution in [3.8, 4) is 5.75 Å². The Morgan fingerprint density at radius 2 is 1.76 bits per heavy atom. The lowest BCUT2D eigenvalue weighted by Crippen LogP contribution is -2.37. The second-order valence-electron chi connectivity index (χ2n) is 8.41. The van der Waals surface area contributed by atoms with Crippen molar-refractivity contribution < 1.29 is 19.1 Å². The van der Waals surface area contributed by atoms with Gasteiger partial charge in [-0.1, -0.05) is 54.6 Å². The number of likely N-dealkylation sites (tertiary alicyclic amines) is 1. The Morgan fingerprint density at radius 3 is 2.59 bits per heavy atom. The third-order valence-corrected chi connectivity index (χ3v) is 6.08. The van der Waals surface area contributed by atoms with E-state index in [0.29, 0.717) is 29.8 Å². The van der Waals surface area contributed by atoms with Crippen LogP contribution >= 0.6 is 0 Å². The molecule has 2 aliphatic heterocycles. The van der Waals surface area contributed by atoms with E-state index in [2.05, 4.69) is 15.2 Å². The molecule has 0 aliphatic carbocycles. The molecule has 34 heavy (non-hydrogen) atoms. The average molecular weight is 456 g/mol. The van der Waals surface area contributed by atoms with Crippen molar-refractivity contribution >= 4 is 28.7 Å². The minimum absolute atomic E-state index is 0.311. The number of rotatable bonds is 5. The standard InChI is InChI=1S/C27H25N3O4/c31-26-24(29-25(34-26)23-12-6-8-20-7-4-5-11-22(20)23)18-30-15-13-19(14-16-30)17-28-27(32)33-21-9-2-1-3-10-21/h1-12,18-19H,13-17H2,(H,28,32). The number of amides is 1. The average Bonchev–Trinajstić information content (AvgIpc) is 3.23. The van der Waals surface area contributed by atoms with Gasteiger partial charge in [-0.25, -0.2) is 14.6 Å². The van der Waals surface area contributed by atoms with Gasteiger partial charge in [-0.3, -0.25) is 0 Å². The Balaban J connectivity index is 1.16. The van der Waals surface area contributed by atoms with E-state index in [4.69, 9.17) is 9.47 Å². The van der Waals surface area contributed by atoms with Gasteiger partial charge in [0.25, 0.3) is 0 Å². The number of esters is 1. The Labute approximate surface area is 197 Å². The summed E-state index contributed by atoms with van der Waals surface area (Å²) in [5.41, 5.74) is 1.12. The van der Waals surface area contributed by atoms with Crippen LogP contribution in [-0.4, -0.2) is 42.5 Å². The first kappa shape index (κ1) is 21.7. The van der Waals surface area contributed by atoms with E-state index in [1.165, 1.54) is 0 Å². The summed E-state index contributed by atoms with van der Waals surface area (Å²) in [6.07, 6.45) is 3.13. The molecule has 172 valence electrons. The molecule has 0 radical (unpaired) electrons. The molecule has 1 N–H and O–H groups in total. The maximum atomic E-state index is 12.5. The highest BCUT2D eigenvalue weighted by molar-refractivity contribution is 6.16. The molecule has 1 fully saturated rings. The second kappa shape index (κ2) is 9.79. The molecule has 0 saturated carbocycles. The van der Waals surface area contributed by atoms with Crippen LogP contribution in [-0.2, 0) is 9.53 Å². The highest BCUT2D eigenvalue weighted by Crippen LogP contribution is 2.25. The maximum absolute atomic E-state index is 12.5. The van der Waals surface area contributed by atoms with Crippen LogP contribution in [0.25, 0.3) is 10.8 Å². The minimum Gasteiger partial charge on any atom is -0.410 e. The summed E-state index contributed by atoms with van der Waals surface area (Å²) in [7, 11) is 0. The summed E-state index contributed by atoms with van der Waals surface area (Å²) < 4.78 is 10.8. The molecule has 3 aromatic carbocycles. The van der Waals surface area contributed by atoms with Gasteiger partial charge >= 0.3 is 12.1 Å². The van der Waals surface area contributed by atoms with Crippen LogP contribution in [0.5, 0.6) is 5.75 Å². The first-order valence-electron chi connectivity index (χ1n) is 11.4. The van der Waals surface area contributed by atoms with Crippen molar-refractivity contribution in [1.29, 1.82) is 0 Å². The molecule has 7 nitrogen and oxygen atoms in total. The molecule has 0 bridgehead atoms. The monoisotopic (exact) mass is 455 g/mol. The van der Waals surface area contributed by atoms with E-state index in [9.17, 15) is 9.59 Å². The fourth-order valence-corrected chi connectivity index (χ4v) is 4.25. The number of nitrogens with one attached hydrogen (secondary N) is 1. The number of para-hydroxylation sites is 1. The normalized spacial score (nSPS) is 17.5. The molecular weight excluding hydrogens is 430 g/mol. The van der Waals surface area contributed by atoms with Gasteiger partial charge in [0.15, 0.2) is 5.70 Å². The zero-order valence-corrected chi connectivity index (χ0v) is 18.6. The predicted molar refractivity (Wildman–Crippen MR) is 129 cm³/mol. The molecule has 1 saturated heterocycles. The van der Waals surface area contributed by atoms with Crippen molar-refractivity contribution in [3.05, 3.63) is 90.3 Å².